The zero-order valence-electron chi connectivity index (χ0n) is 15.8. The predicted molar refractivity (Wildman–Crippen MR) is 108 cm³/mol. The van der Waals surface area contributed by atoms with Crippen molar-refractivity contribution in [2.75, 3.05) is 36.4 Å². The van der Waals surface area contributed by atoms with E-state index in [1.54, 1.807) is 13.0 Å². The second-order valence-corrected chi connectivity index (χ2v) is 7.52. The van der Waals surface area contributed by atoms with Crippen LogP contribution < -0.4 is 10.2 Å². The molecule has 0 radical (unpaired) electrons. The molecule has 5 nitrogen and oxygen atoms in total. The Balaban J connectivity index is 1.48. The highest BCUT2D eigenvalue weighted by Gasteiger charge is 2.22. The Hall–Kier alpha value is -2.69. The highest BCUT2D eigenvalue weighted by molar-refractivity contribution is 5.73. The molecule has 2 N–H and O–H groups in total. The van der Waals surface area contributed by atoms with Crippen molar-refractivity contribution < 1.29 is 9.90 Å². The molecule has 2 aromatic rings. The molecule has 27 heavy (non-hydrogen) atoms. The van der Waals surface area contributed by atoms with Crippen LogP contribution in [0, 0.1) is 0 Å². The van der Waals surface area contributed by atoms with Crippen molar-refractivity contribution in [1.29, 1.82) is 0 Å². The van der Waals surface area contributed by atoms with Gasteiger partial charge >= 0.3 is 0 Å². The number of piperazine rings is 1. The first-order chi connectivity index (χ1) is 13.1. The fourth-order valence-electron chi connectivity index (χ4n) is 4.21. The molecular weight excluding hydrogens is 338 g/mol. The Morgan fingerprint density at radius 3 is 2.70 bits per heavy atom. The number of nitrogens with one attached hydrogen (secondary N) is 1. The van der Waals surface area contributed by atoms with E-state index in [-0.39, 0.29) is 11.9 Å². The fraction of sp³-hybridized carbons (Fsp3) is 0.409. The fourth-order valence-corrected chi connectivity index (χ4v) is 4.21. The molecule has 1 fully saturated rings. The molecule has 1 aliphatic heterocycles. The third-order valence-electron chi connectivity index (χ3n) is 5.72. The number of phenols is 1. The van der Waals surface area contributed by atoms with Gasteiger partial charge in [0.2, 0.25) is 5.91 Å². The van der Waals surface area contributed by atoms with Gasteiger partial charge in [0, 0.05) is 44.5 Å². The number of phenolic OH excluding ortho intramolecular Hbond substituents is 1. The van der Waals surface area contributed by atoms with Gasteiger partial charge in [0.1, 0.15) is 5.75 Å². The smallest absolute Gasteiger partial charge is 0.219 e. The van der Waals surface area contributed by atoms with Gasteiger partial charge in [-0.05, 0) is 60.7 Å². The van der Waals surface area contributed by atoms with E-state index in [1.165, 1.54) is 16.8 Å². The predicted octanol–water partition coefficient (Wildman–Crippen LogP) is 3.55. The Bertz CT molecular complexity index is 828. The summed E-state index contributed by atoms with van der Waals surface area (Å²) in [4.78, 5) is 15.8. The minimum Gasteiger partial charge on any atom is -0.508 e. The van der Waals surface area contributed by atoms with Gasteiger partial charge in [0.25, 0.3) is 0 Å². The zero-order chi connectivity index (χ0) is 18.8. The average molecular weight is 365 g/mol. The first-order valence-electron chi connectivity index (χ1n) is 9.79. The van der Waals surface area contributed by atoms with Gasteiger partial charge in [-0.1, -0.05) is 12.1 Å². The summed E-state index contributed by atoms with van der Waals surface area (Å²) < 4.78 is 0. The first kappa shape index (κ1) is 17.7. The van der Waals surface area contributed by atoms with Crippen molar-refractivity contribution in [2.24, 2.45) is 0 Å². The summed E-state index contributed by atoms with van der Waals surface area (Å²) in [6, 6.07) is 14.5. The summed E-state index contributed by atoms with van der Waals surface area (Å²) in [6.07, 6.45) is 3.30. The number of hydrogen-bond acceptors (Lipinski definition) is 4. The van der Waals surface area contributed by atoms with Crippen LogP contribution in [0.2, 0.25) is 0 Å². The van der Waals surface area contributed by atoms with Crippen LogP contribution in [0.1, 0.15) is 36.9 Å². The largest absolute Gasteiger partial charge is 0.508 e. The lowest BCUT2D eigenvalue weighted by Gasteiger charge is -2.36. The van der Waals surface area contributed by atoms with Gasteiger partial charge in [0.15, 0.2) is 0 Å². The summed E-state index contributed by atoms with van der Waals surface area (Å²) in [5.74, 6) is 0.490. The van der Waals surface area contributed by atoms with Crippen molar-refractivity contribution >= 4 is 17.3 Å². The van der Waals surface area contributed by atoms with Crippen molar-refractivity contribution in [1.82, 2.24) is 4.90 Å². The molecule has 0 spiro atoms. The van der Waals surface area contributed by atoms with Gasteiger partial charge in [-0.25, -0.2) is 0 Å². The molecule has 1 saturated heterocycles. The summed E-state index contributed by atoms with van der Waals surface area (Å²) in [7, 11) is 0. The number of amides is 1. The number of anilines is 2. The third kappa shape index (κ3) is 3.87. The number of aryl methyl sites for hydroxylation is 1. The standard InChI is InChI=1S/C22H27N3O2/c1-16(26)24-10-12-25(13-11-24)19-6-3-5-18(14-19)23-22-7-2-4-17-8-9-20(27)15-21(17)22/h3,5-6,8-9,14-15,22-23,27H,2,4,7,10-13H2,1H3/t22-/m0/s1. The van der Waals surface area contributed by atoms with Crippen LogP contribution in [0.4, 0.5) is 11.4 Å². The monoisotopic (exact) mass is 365 g/mol. The Morgan fingerprint density at radius 2 is 1.93 bits per heavy atom. The molecule has 2 aliphatic rings. The molecular formula is C22H27N3O2. The molecule has 1 heterocycles. The maximum absolute atomic E-state index is 11.5. The van der Waals surface area contributed by atoms with E-state index in [2.05, 4.69) is 34.5 Å². The SMILES string of the molecule is CC(=O)N1CCN(c2cccc(N[C@H]3CCCc4ccc(O)cc43)c2)CC1. The number of nitrogens with zero attached hydrogens (tertiary/aromatic N) is 2. The molecule has 1 amide bonds. The number of rotatable bonds is 3. The lowest BCUT2D eigenvalue weighted by atomic mass is 9.87. The Labute approximate surface area is 160 Å². The topological polar surface area (TPSA) is 55.8 Å². The van der Waals surface area contributed by atoms with Gasteiger partial charge in [-0.15, -0.1) is 0 Å². The summed E-state index contributed by atoms with van der Waals surface area (Å²) in [5.41, 5.74) is 4.83. The second-order valence-electron chi connectivity index (χ2n) is 7.52. The molecule has 1 aliphatic carbocycles. The number of aromatic hydroxyl groups is 1. The van der Waals surface area contributed by atoms with Crippen LogP contribution in [-0.4, -0.2) is 42.1 Å². The lowest BCUT2D eigenvalue weighted by Crippen LogP contribution is -2.48. The van der Waals surface area contributed by atoms with Crippen LogP contribution in [0.3, 0.4) is 0 Å². The minimum atomic E-state index is 0.157. The number of benzene rings is 2. The molecule has 142 valence electrons. The van der Waals surface area contributed by atoms with Crippen molar-refractivity contribution in [3.05, 3.63) is 53.6 Å². The summed E-state index contributed by atoms with van der Waals surface area (Å²) in [6.45, 7) is 4.93. The molecule has 0 saturated carbocycles. The Kier molecular flexibility index (Phi) is 4.92. The molecule has 4 rings (SSSR count). The van der Waals surface area contributed by atoms with Gasteiger partial charge < -0.3 is 20.2 Å². The molecule has 2 aromatic carbocycles. The van der Waals surface area contributed by atoms with Crippen molar-refractivity contribution in [2.45, 2.75) is 32.2 Å². The van der Waals surface area contributed by atoms with E-state index >= 15 is 0 Å². The summed E-state index contributed by atoms with van der Waals surface area (Å²) >= 11 is 0. The maximum Gasteiger partial charge on any atom is 0.219 e. The number of hydrogen-bond donors (Lipinski definition) is 2. The molecule has 0 bridgehead atoms. The van der Waals surface area contributed by atoms with Crippen molar-refractivity contribution in [3.8, 4) is 5.75 Å². The van der Waals surface area contributed by atoms with Crippen LogP contribution in [0.25, 0.3) is 0 Å². The number of carbonyl (C=O) groups excluding carboxylic acids is 1. The molecule has 0 unspecified atom stereocenters. The van der Waals surface area contributed by atoms with Crippen molar-refractivity contribution in [3.63, 3.8) is 0 Å². The van der Waals surface area contributed by atoms with Gasteiger partial charge in [-0.2, -0.15) is 0 Å². The quantitative estimate of drug-likeness (QED) is 0.873. The molecule has 5 heteroatoms. The van der Waals surface area contributed by atoms with E-state index in [4.69, 9.17) is 0 Å². The van der Waals surface area contributed by atoms with E-state index < -0.39 is 0 Å². The van der Waals surface area contributed by atoms with Gasteiger partial charge in [-0.3, -0.25) is 4.79 Å². The third-order valence-corrected chi connectivity index (χ3v) is 5.72. The summed E-state index contributed by atoms with van der Waals surface area (Å²) in [5, 5.41) is 13.6. The number of carbonyl (C=O) groups is 1. The zero-order valence-corrected chi connectivity index (χ0v) is 15.8. The maximum atomic E-state index is 11.5. The van der Waals surface area contributed by atoms with E-state index in [0.29, 0.717) is 5.75 Å². The second kappa shape index (κ2) is 7.51. The van der Waals surface area contributed by atoms with E-state index in [9.17, 15) is 9.90 Å². The minimum absolute atomic E-state index is 0.157. The molecule has 1 atom stereocenters. The van der Waals surface area contributed by atoms with Crippen LogP contribution in [-0.2, 0) is 11.2 Å². The van der Waals surface area contributed by atoms with Crippen LogP contribution >= 0.6 is 0 Å². The van der Waals surface area contributed by atoms with E-state index in [0.717, 1.165) is 51.1 Å². The normalized spacial score (nSPS) is 19.5. The average Bonchev–Trinajstić information content (AvgIpc) is 2.69. The highest BCUT2D eigenvalue weighted by Crippen LogP contribution is 2.35. The Morgan fingerprint density at radius 1 is 1.11 bits per heavy atom. The van der Waals surface area contributed by atoms with Crippen LogP contribution in [0.15, 0.2) is 42.5 Å². The van der Waals surface area contributed by atoms with E-state index in [1.807, 2.05) is 17.0 Å². The number of fused-ring (bicyclic) bond motifs is 1. The van der Waals surface area contributed by atoms with Gasteiger partial charge in [0.05, 0.1) is 6.04 Å². The van der Waals surface area contributed by atoms with Crippen LogP contribution in [0.5, 0.6) is 5.75 Å². The lowest BCUT2D eigenvalue weighted by molar-refractivity contribution is -0.129. The first-order valence-corrected chi connectivity index (χ1v) is 9.79. The molecule has 0 aromatic heterocycles. The highest BCUT2D eigenvalue weighted by atomic mass is 16.3.